The fourth-order valence-corrected chi connectivity index (χ4v) is 3.11. The Balaban J connectivity index is 1.80. The second kappa shape index (κ2) is 12.3. The number of anilines is 3. The molecule has 0 atom stereocenters. The molecule has 2 aromatic carbocycles. The van der Waals surface area contributed by atoms with Gasteiger partial charge in [-0.1, -0.05) is 5.92 Å². The lowest BCUT2D eigenvalue weighted by Gasteiger charge is -2.13. The second-order valence-corrected chi connectivity index (χ2v) is 8.53. The third-order valence-electron chi connectivity index (χ3n) is 4.99. The summed E-state index contributed by atoms with van der Waals surface area (Å²) in [5.74, 6) is 5.93. The lowest BCUT2D eigenvalue weighted by molar-refractivity contribution is -0.123. The van der Waals surface area contributed by atoms with Crippen molar-refractivity contribution < 1.29 is 14.3 Å². The molecule has 0 aliphatic heterocycles. The van der Waals surface area contributed by atoms with Crippen LogP contribution in [0.25, 0.3) is 10.9 Å². The van der Waals surface area contributed by atoms with Gasteiger partial charge in [-0.25, -0.2) is 15.0 Å². The molecule has 0 aliphatic carbocycles. The first-order valence-electron chi connectivity index (χ1n) is 11.3. The zero-order chi connectivity index (χ0) is 26.9. The smallest absolute Gasteiger partial charge is 0.300 e. The average molecular weight is 500 g/mol. The number of nitrogens with zero attached hydrogens (tertiary/aromatic N) is 5. The Bertz CT molecular complexity index is 1420. The first kappa shape index (κ1) is 26.8. The first-order chi connectivity index (χ1) is 17.7. The van der Waals surface area contributed by atoms with Crippen molar-refractivity contribution in [3.63, 3.8) is 0 Å². The van der Waals surface area contributed by atoms with Crippen LogP contribution in [0.3, 0.4) is 0 Å². The van der Waals surface area contributed by atoms with E-state index in [1.165, 1.54) is 17.3 Å². The molecule has 0 unspecified atom stereocenters. The quantitative estimate of drug-likeness (QED) is 0.212. The van der Waals surface area contributed by atoms with Crippen molar-refractivity contribution in [1.82, 2.24) is 19.8 Å². The number of aromatic nitrogens is 2. The molecule has 0 radical (unpaired) electrons. The van der Waals surface area contributed by atoms with E-state index in [1.54, 1.807) is 38.4 Å². The van der Waals surface area contributed by atoms with Gasteiger partial charge in [0.05, 0.1) is 18.1 Å². The second-order valence-electron chi connectivity index (χ2n) is 8.53. The summed E-state index contributed by atoms with van der Waals surface area (Å²) in [6.45, 7) is 5.84. The molecule has 1 heterocycles. The number of hydrogen-bond acceptors (Lipinski definition) is 8. The van der Waals surface area contributed by atoms with E-state index in [0.29, 0.717) is 29.3 Å². The Morgan fingerprint density at radius 3 is 2.54 bits per heavy atom. The number of fused-ring (bicyclic) bond motifs is 1. The number of rotatable bonds is 8. The third kappa shape index (κ3) is 7.62. The zero-order valence-electron chi connectivity index (χ0n) is 21.5. The maximum Gasteiger partial charge on any atom is 0.300 e. The van der Waals surface area contributed by atoms with E-state index in [2.05, 4.69) is 44.2 Å². The van der Waals surface area contributed by atoms with Gasteiger partial charge in [-0.2, -0.15) is 0 Å². The van der Waals surface area contributed by atoms with Gasteiger partial charge in [0, 0.05) is 30.9 Å². The summed E-state index contributed by atoms with van der Waals surface area (Å²) in [6, 6.07) is 10.8. The van der Waals surface area contributed by atoms with Crippen LogP contribution in [0.5, 0.6) is 5.75 Å². The van der Waals surface area contributed by atoms with E-state index in [-0.39, 0.29) is 11.8 Å². The highest BCUT2D eigenvalue weighted by molar-refractivity contribution is 6.05. The van der Waals surface area contributed by atoms with Crippen molar-refractivity contribution in [1.29, 1.82) is 0 Å². The fraction of sp³-hybridized carbons (Fsp3) is 0.222. The predicted octanol–water partition coefficient (Wildman–Crippen LogP) is 3.19. The minimum Gasteiger partial charge on any atom is -0.439 e. The lowest BCUT2D eigenvalue weighted by Crippen LogP contribution is -2.20. The van der Waals surface area contributed by atoms with Crippen molar-refractivity contribution in [3.8, 4) is 17.6 Å². The molecule has 0 saturated heterocycles. The molecule has 0 fully saturated rings. The Morgan fingerprint density at radius 2 is 1.86 bits per heavy atom. The number of nitrogens with one attached hydrogen (secondary N) is 2. The van der Waals surface area contributed by atoms with Crippen LogP contribution in [-0.2, 0) is 9.59 Å². The van der Waals surface area contributed by atoms with Crippen molar-refractivity contribution in [2.24, 2.45) is 4.99 Å². The molecule has 3 rings (SSSR count). The van der Waals surface area contributed by atoms with E-state index >= 15 is 0 Å². The third-order valence-corrected chi connectivity index (χ3v) is 4.99. The van der Waals surface area contributed by atoms with Gasteiger partial charge in [-0.3, -0.25) is 14.5 Å². The number of carbonyl (C=O) groups excluding carboxylic acids is 2. The van der Waals surface area contributed by atoms with Crippen LogP contribution in [0.15, 0.2) is 59.7 Å². The number of carbonyl (C=O) groups is 2. The highest BCUT2D eigenvalue weighted by Crippen LogP contribution is 2.29. The van der Waals surface area contributed by atoms with E-state index in [1.807, 2.05) is 38.1 Å². The number of aliphatic imine (C=N–C) groups is 1. The van der Waals surface area contributed by atoms with Crippen molar-refractivity contribution in [2.45, 2.75) is 6.92 Å². The van der Waals surface area contributed by atoms with Gasteiger partial charge in [-0.05, 0) is 75.6 Å². The predicted molar refractivity (Wildman–Crippen MR) is 146 cm³/mol. The van der Waals surface area contributed by atoms with Gasteiger partial charge < -0.3 is 20.3 Å². The lowest BCUT2D eigenvalue weighted by atomic mass is 10.1. The summed E-state index contributed by atoms with van der Waals surface area (Å²) >= 11 is 0. The monoisotopic (exact) mass is 499 g/mol. The van der Waals surface area contributed by atoms with Crippen LogP contribution in [0, 0.1) is 18.8 Å². The zero-order valence-corrected chi connectivity index (χ0v) is 21.5. The molecule has 0 aliphatic rings. The maximum atomic E-state index is 12.2. The van der Waals surface area contributed by atoms with Crippen LogP contribution in [-0.4, -0.2) is 73.0 Å². The largest absolute Gasteiger partial charge is 0.439 e. The molecular weight excluding hydrogens is 470 g/mol. The average Bonchev–Trinajstić information content (AvgIpc) is 2.85. The molecular formula is C27H29N7O3. The minimum absolute atomic E-state index is 0.102. The molecule has 1 aromatic heterocycles. The SMILES string of the molecule is C=N/C(=C\C(=O)N(C)C)Oc1ccc(Nc2ncnc3ccc(NC(=O)C#CCN(C)C)cc23)cc1C. The molecule has 2 N–H and O–H groups in total. The Hall–Kier alpha value is -4.75. The molecule has 190 valence electrons. The fourth-order valence-electron chi connectivity index (χ4n) is 3.11. The molecule has 0 saturated carbocycles. The summed E-state index contributed by atoms with van der Waals surface area (Å²) in [5, 5.41) is 6.80. The maximum absolute atomic E-state index is 12.2. The molecule has 0 bridgehead atoms. The number of amides is 2. The Kier molecular flexibility index (Phi) is 8.91. The number of ether oxygens (including phenoxy) is 1. The van der Waals surface area contributed by atoms with Crippen LogP contribution >= 0.6 is 0 Å². The number of likely N-dealkylation sites (N-methyl/N-ethyl adjacent to an activating group) is 1. The highest BCUT2D eigenvalue weighted by Gasteiger charge is 2.10. The molecule has 37 heavy (non-hydrogen) atoms. The Labute approximate surface area is 216 Å². The number of aryl methyl sites for hydroxylation is 1. The summed E-state index contributed by atoms with van der Waals surface area (Å²) in [4.78, 5) is 39.9. The summed E-state index contributed by atoms with van der Waals surface area (Å²) < 4.78 is 5.76. The van der Waals surface area contributed by atoms with E-state index in [4.69, 9.17) is 4.74 Å². The number of benzene rings is 2. The summed E-state index contributed by atoms with van der Waals surface area (Å²) in [5.41, 5.74) is 2.86. The van der Waals surface area contributed by atoms with Gasteiger partial charge >= 0.3 is 0 Å². The van der Waals surface area contributed by atoms with Crippen molar-refractivity contribution in [2.75, 3.05) is 45.4 Å². The molecule has 0 spiro atoms. The van der Waals surface area contributed by atoms with E-state index in [0.717, 1.165) is 16.6 Å². The Morgan fingerprint density at radius 1 is 1.11 bits per heavy atom. The molecule has 3 aromatic rings. The number of hydrogen-bond donors (Lipinski definition) is 2. The summed E-state index contributed by atoms with van der Waals surface area (Å²) in [7, 11) is 7.04. The minimum atomic E-state index is -0.395. The van der Waals surface area contributed by atoms with Gasteiger partial charge in [0.1, 0.15) is 17.9 Å². The van der Waals surface area contributed by atoms with E-state index < -0.39 is 5.91 Å². The van der Waals surface area contributed by atoms with Crippen LogP contribution in [0.1, 0.15) is 5.56 Å². The highest BCUT2D eigenvalue weighted by atomic mass is 16.5. The van der Waals surface area contributed by atoms with Gasteiger partial charge in [0.2, 0.25) is 5.88 Å². The summed E-state index contributed by atoms with van der Waals surface area (Å²) in [6.07, 6.45) is 2.74. The van der Waals surface area contributed by atoms with Crippen LogP contribution in [0.2, 0.25) is 0 Å². The van der Waals surface area contributed by atoms with Gasteiger partial charge in [0.15, 0.2) is 0 Å². The van der Waals surface area contributed by atoms with Crippen molar-refractivity contribution >= 4 is 46.6 Å². The van der Waals surface area contributed by atoms with Gasteiger partial charge in [-0.15, -0.1) is 0 Å². The van der Waals surface area contributed by atoms with Gasteiger partial charge in [0.25, 0.3) is 11.8 Å². The van der Waals surface area contributed by atoms with Crippen LogP contribution in [0.4, 0.5) is 17.2 Å². The standard InChI is InChI=1S/C27H29N7O3/c1-18-14-19(10-12-23(18)37-25(28-2)16-26(36)34(5)6)32-27-21-15-20(9-11-22(21)29-17-30-27)31-24(35)8-7-13-33(3)4/h9-12,14-17H,2,13H2,1,3-6H3,(H,31,35)(H,29,30,32)/b25-16+. The molecule has 10 heteroatoms. The topological polar surface area (TPSA) is 112 Å². The van der Waals surface area contributed by atoms with E-state index in [9.17, 15) is 9.59 Å². The van der Waals surface area contributed by atoms with Crippen LogP contribution < -0.4 is 15.4 Å². The normalized spacial score (nSPS) is 10.9. The molecule has 10 nitrogen and oxygen atoms in total. The van der Waals surface area contributed by atoms with Crippen molar-refractivity contribution in [3.05, 3.63) is 60.2 Å². The molecule has 2 amide bonds. The first-order valence-corrected chi connectivity index (χ1v) is 11.3.